The number of carbonyl (C=O) groups is 1. The molecule has 0 spiro atoms. The molecule has 0 saturated heterocycles. The number of rotatable bonds is 1. The van der Waals surface area contributed by atoms with Crippen LogP contribution in [0.1, 0.15) is 41.5 Å². The van der Waals surface area contributed by atoms with Gasteiger partial charge in [-0.1, -0.05) is 77.3 Å². The first-order chi connectivity index (χ1) is 20.7. The van der Waals surface area contributed by atoms with Gasteiger partial charge in [0.2, 0.25) is 0 Å². The van der Waals surface area contributed by atoms with Gasteiger partial charge in [0.05, 0.1) is 0 Å². The van der Waals surface area contributed by atoms with Crippen molar-refractivity contribution < 1.29 is 43.5 Å². The molecule has 0 amide bonds. The minimum Gasteiger partial charge on any atom is -0.512 e. The largest absolute Gasteiger partial charge is 0.512 e. The van der Waals surface area contributed by atoms with Crippen LogP contribution in [-0.4, -0.2) is 20.9 Å². The van der Waals surface area contributed by atoms with E-state index in [0.717, 1.165) is 38.8 Å². The molecule has 3 heterocycles. The van der Waals surface area contributed by atoms with Crippen LogP contribution in [0.15, 0.2) is 78.7 Å². The standard InChI is InChI=1S/C26H11F2N2O.C11H20O2.Ir/c27-14-10-18-16(21(28)11-14)6-5-15-17-7-8-29-25-20-9-13-3-1-2-4-22(13)30-26(20)31-23(24(17)25)12-19(15)18;1-10(2,3)8(12)7-9(13)11(4,5)6;/h1-8,10-12H;7,12H,1-6H3;/q-1;;/b;8-7-;. The quantitative estimate of drug-likeness (QED) is 0.0778. The fraction of sp³-hybridized carbons (Fsp3) is 0.216. The van der Waals surface area contributed by atoms with Crippen molar-refractivity contribution in [2.24, 2.45) is 10.8 Å². The number of aliphatic hydroxyl groups is 1. The summed E-state index contributed by atoms with van der Waals surface area (Å²) in [4.78, 5) is 20.8. The molecule has 4 aromatic carbocycles. The van der Waals surface area contributed by atoms with E-state index in [0.29, 0.717) is 33.4 Å². The van der Waals surface area contributed by atoms with Gasteiger partial charge in [0, 0.05) is 65.7 Å². The first-order valence-electron chi connectivity index (χ1n) is 14.3. The van der Waals surface area contributed by atoms with E-state index in [1.807, 2.05) is 84.0 Å². The third-order valence-electron chi connectivity index (χ3n) is 7.67. The molecule has 5 nitrogen and oxygen atoms in total. The normalized spacial score (nSPS) is 12.8. The van der Waals surface area contributed by atoms with E-state index in [1.54, 1.807) is 12.3 Å². The van der Waals surface area contributed by atoms with E-state index in [9.17, 15) is 18.7 Å². The molecule has 7 rings (SSSR count). The molecule has 2 aromatic heterocycles. The molecule has 0 unspecified atom stereocenters. The summed E-state index contributed by atoms with van der Waals surface area (Å²) in [5.74, 6) is -0.118. The SMILES string of the molecule is CC(C)(C)C(=O)/C=C(\O)C(C)(C)C.Fc1cc(F)c2ccc3c4ccnc5c4c(cc3c2c1)Oc1nc2ccccc2[c-]c1-5.[Ir]. The minimum absolute atomic E-state index is 0. The van der Waals surface area contributed by atoms with Crippen molar-refractivity contribution in [1.82, 2.24) is 9.97 Å². The van der Waals surface area contributed by atoms with Gasteiger partial charge in [-0.3, -0.25) is 14.8 Å². The van der Waals surface area contributed by atoms with Gasteiger partial charge >= 0.3 is 0 Å². The summed E-state index contributed by atoms with van der Waals surface area (Å²) in [7, 11) is 0. The van der Waals surface area contributed by atoms with Gasteiger partial charge in [-0.05, 0) is 50.8 Å². The monoisotopic (exact) mass is 782 g/mol. The van der Waals surface area contributed by atoms with Crippen molar-refractivity contribution in [3.8, 4) is 22.9 Å². The second-order valence-electron chi connectivity index (χ2n) is 13.0. The Hall–Kier alpha value is -4.26. The van der Waals surface area contributed by atoms with Crippen LogP contribution in [-0.2, 0) is 24.9 Å². The summed E-state index contributed by atoms with van der Waals surface area (Å²) < 4.78 is 34.6. The van der Waals surface area contributed by atoms with Crippen molar-refractivity contribution in [3.63, 3.8) is 0 Å². The number of benzene rings is 4. The molecular formula is C37H31F2IrN2O3-. The number of halogens is 2. The van der Waals surface area contributed by atoms with E-state index in [-0.39, 0.29) is 37.1 Å². The Morgan fingerprint density at radius 2 is 1.56 bits per heavy atom. The van der Waals surface area contributed by atoms with Crippen LogP contribution in [0.3, 0.4) is 0 Å². The zero-order valence-corrected chi connectivity index (χ0v) is 28.1. The number of pyridine rings is 2. The van der Waals surface area contributed by atoms with Gasteiger partial charge in [0.15, 0.2) is 11.7 Å². The zero-order valence-electron chi connectivity index (χ0n) is 25.7. The van der Waals surface area contributed by atoms with E-state index >= 15 is 0 Å². The Morgan fingerprint density at radius 1 is 0.867 bits per heavy atom. The molecule has 0 saturated carbocycles. The Labute approximate surface area is 273 Å². The maximum atomic E-state index is 14.4. The van der Waals surface area contributed by atoms with Crippen molar-refractivity contribution >= 4 is 49.0 Å². The van der Waals surface area contributed by atoms with Gasteiger partial charge in [0.25, 0.3) is 0 Å². The molecule has 0 aliphatic carbocycles. The Kier molecular flexibility index (Phi) is 8.28. The fourth-order valence-corrected chi connectivity index (χ4v) is 5.10. The number of fused-ring (bicyclic) bond motifs is 7. The summed E-state index contributed by atoms with van der Waals surface area (Å²) in [5.41, 5.74) is 1.45. The average molecular weight is 782 g/mol. The number of para-hydroxylation sites is 1. The van der Waals surface area contributed by atoms with Crippen molar-refractivity contribution in [2.75, 3.05) is 0 Å². The van der Waals surface area contributed by atoms with Crippen LogP contribution in [0, 0.1) is 28.5 Å². The van der Waals surface area contributed by atoms with Gasteiger partial charge in [-0.2, -0.15) is 0 Å². The number of aliphatic hydroxyl groups excluding tert-OH is 1. The van der Waals surface area contributed by atoms with Crippen molar-refractivity contribution in [3.05, 3.63) is 96.4 Å². The summed E-state index contributed by atoms with van der Waals surface area (Å²) in [6, 6.07) is 20.6. The van der Waals surface area contributed by atoms with Crippen LogP contribution >= 0.6 is 0 Å². The van der Waals surface area contributed by atoms with E-state index in [4.69, 9.17) is 4.74 Å². The number of nitrogens with zero attached hydrogens (tertiary/aromatic N) is 2. The number of hydrogen-bond acceptors (Lipinski definition) is 5. The molecule has 0 fully saturated rings. The number of aromatic nitrogens is 2. The Balaban J connectivity index is 0.000000246. The van der Waals surface area contributed by atoms with Gasteiger partial charge in [-0.25, -0.2) is 8.78 Å². The summed E-state index contributed by atoms with van der Waals surface area (Å²) in [5, 5.41) is 14.6. The van der Waals surface area contributed by atoms with Gasteiger partial charge < -0.3 is 9.84 Å². The maximum Gasteiger partial charge on any atom is 0.164 e. The first kappa shape index (κ1) is 32.1. The summed E-state index contributed by atoms with van der Waals surface area (Å²) in [6.07, 6.45) is 3.06. The van der Waals surface area contributed by atoms with Crippen molar-refractivity contribution in [1.29, 1.82) is 0 Å². The molecule has 231 valence electrons. The average Bonchev–Trinajstić information content (AvgIpc) is 2.95. The molecule has 6 aromatic rings. The van der Waals surface area contributed by atoms with Gasteiger partial charge in [0.1, 0.15) is 23.1 Å². The Morgan fingerprint density at radius 3 is 2.27 bits per heavy atom. The van der Waals surface area contributed by atoms with Gasteiger partial charge in [-0.15, -0.1) is 12.1 Å². The minimum atomic E-state index is -0.615. The second kappa shape index (κ2) is 11.6. The topological polar surface area (TPSA) is 72.3 Å². The van der Waals surface area contributed by atoms with Crippen LogP contribution in [0.25, 0.3) is 54.5 Å². The van der Waals surface area contributed by atoms with E-state index < -0.39 is 17.0 Å². The Bertz CT molecular complexity index is 2180. The third kappa shape index (κ3) is 5.92. The van der Waals surface area contributed by atoms with E-state index in [2.05, 4.69) is 16.0 Å². The van der Waals surface area contributed by atoms with E-state index in [1.165, 1.54) is 12.1 Å². The third-order valence-corrected chi connectivity index (χ3v) is 7.67. The van der Waals surface area contributed by atoms with Crippen LogP contribution in [0.5, 0.6) is 11.6 Å². The maximum absolute atomic E-state index is 14.4. The number of ether oxygens (including phenoxy) is 1. The van der Waals surface area contributed by atoms with Crippen LogP contribution < -0.4 is 4.74 Å². The molecule has 1 aliphatic rings. The summed E-state index contributed by atoms with van der Waals surface area (Å²) >= 11 is 0. The second-order valence-corrected chi connectivity index (χ2v) is 13.0. The predicted octanol–water partition coefficient (Wildman–Crippen LogP) is 10.0. The number of ketones is 1. The number of hydrogen-bond donors (Lipinski definition) is 1. The molecule has 1 aliphatic heterocycles. The van der Waals surface area contributed by atoms with Crippen molar-refractivity contribution in [2.45, 2.75) is 41.5 Å². The number of carbonyl (C=O) groups excluding carboxylic acids is 1. The predicted molar refractivity (Wildman–Crippen MR) is 171 cm³/mol. The molecule has 8 heteroatoms. The molecule has 0 atom stereocenters. The molecular weight excluding hydrogens is 751 g/mol. The molecule has 0 bridgehead atoms. The van der Waals surface area contributed by atoms with Crippen LogP contribution in [0.4, 0.5) is 8.78 Å². The summed E-state index contributed by atoms with van der Waals surface area (Å²) in [6.45, 7) is 11.1. The first-order valence-corrected chi connectivity index (χ1v) is 14.3. The fourth-order valence-electron chi connectivity index (χ4n) is 5.10. The molecule has 1 N–H and O–H groups in total. The zero-order chi connectivity index (χ0) is 31.6. The molecule has 45 heavy (non-hydrogen) atoms. The smallest absolute Gasteiger partial charge is 0.164 e. The number of allylic oxidation sites excluding steroid dienone is 2. The molecule has 1 radical (unpaired) electrons. The van der Waals surface area contributed by atoms with Crippen LogP contribution in [0.2, 0.25) is 0 Å².